The van der Waals surface area contributed by atoms with Gasteiger partial charge in [-0.2, -0.15) is 0 Å². The van der Waals surface area contributed by atoms with Crippen LogP contribution < -0.4 is 9.47 Å². The SMILES string of the molecule is CCc1ccc(CN2C[C@@H](C(=O)O)[C@H](c3ccc4c(c3)OCO4)C2)nc1. The van der Waals surface area contributed by atoms with Crippen molar-refractivity contribution in [3.05, 3.63) is 53.3 Å². The van der Waals surface area contributed by atoms with E-state index in [1.54, 1.807) is 0 Å². The minimum absolute atomic E-state index is 0.0723. The van der Waals surface area contributed by atoms with E-state index < -0.39 is 11.9 Å². The second kappa shape index (κ2) is 6.96. The summed E-state index contributed by atoms with van der Waals surface area (Å²) < 4.78 is 10.8. The topological polar surface area (TPSA) is 71.9 Å². The van der Waals surface area contributed by atoms with Crippen LogP contribution in [0.5, 0.6) is 11.5 Å². The highest BCUT2D eigenvalue weighted by Gasteiger charge is 2.39. The molecule has 6 heteroatoms. The number of carboxylic acids is 1. The van der Waals surface area contributed by atoms with Crippen LogP contribution >= 0.6 is 0 Å². The third-order valence-electron chi connectivity index (χ3n) is 5.22. The number of hydrogen-bond donors (Lipinski definition) is 1. The molecule has 0 spiro atoms. The standard InChI is InChI=1S/C20H22N2O4/c1-2-13-3-5-15(21-8-13)9-22-10-16(17(11-22)20(23)24)14-4-6-18-19(7-14)26-12-25-18/h3-8,16-17H,2,9-12H2,1H3,(H,23,24)/t16-,17+/m0/s1. The molecular formula is C20H22N2O4. The lowest BCUT2D eigenvalue weighted by molar-refractivity contribution is -0.141. The van der Waals surface area contributed by atoms with Crippen molar-refractivity contribution in [1.82, 2.24) is 9.88 Å². The molecule has 2 aliphatic rings. The Labute approximate surface area is 152 Å². The number of aliphatic carboxylic acids is 1. The summed E-state index contributed by atoms with van der Waals surface area (Å²) >= 11 is 0. The Balaban J connectivity index is 1.52. The average molecular weight is 354 g/mol. The number of rotatable bonds is 5. The molecule has 2 aliphatic heterocycles. The summed E-state index contributed by atoms with van der Waals surface area (Å²) in [5, 5.41) is 9.69. The van der Waals surface area contributed by atoms with Gasteiger partial charge in [0.1, 0.15) is 0 Å². The second-order valence-electron chi connectivity index (χ2n) is 6.87. The van der Waals surface area contributed by atoms with Crippen molar-refractivity contribution in [2.24, 2.45) is 5.92 Å². The number of carbonyl (C=O) groups is 1. The molecule has 2 aromatic rings. The fourth-order valence-corrected chi connectivity index (χ4v) is 3.73. The maximum absolute atomic E-state index is 11.8. The Kier molecular flexibility index (Phi) is 4.51. The number of carboxylic acid groups (broad SMARTS) is 1. The predicted octanol–water partition coefficient (Wildman–Crippen LogP) is 2.67. The van der Waals surface area contributed by atoms with Gasteiger partial charge in [-0.15, -0.1) is 0 Å². The molecule has 136 valence electrons. The highest BCUT2D eigenvalue weighted by atomic mass is 16.7. The number of ether oxygens (including phenoxy) is 2. The molecule has 6 nitrogen and oxygen atoms in total. The summed E-state index contributed by atoms with van der Waals surface area (Å²) in [7, 11) is 0. The summed E-state index contributed by atoms with van der Waals surface area (Å²) in [6.45, 7) is 4.19. The highest BCUT2D eigenvalue weighted by molar-refractivity contribution is 5.72. The molecule has 4 rings (SSSR count). The number of benzene rings is 1. The van der Waals surface area contributed by atoms with E-state index in [9.17, 15) is 9.90 Å². The first-order valence-corrected chi connectivity index (χ1v) is 8.92. The molecule has 0 unspecified atom stereocenters. The largest absolute Gasteiger partial charge is 0.481 e. The molecule has 0 saturated carbocycles. The molecular weight excluding hydrogens is 332 g/mol. The molecule has 0 amide bonds. The minimum atomic E-state index is -0.760. The number of pyridine rings is 1. The number of aryl methyl sites for hydroxylation is 1. The quantitative estimate of drug-likeness (QED) is 0.890. The maximum atomic E-state index is 11.8. The van der Waals surface area contributed by atoms with E-state index in [0.717, 1.165) is 23.4 Å². The first-order valence-electron chi connectivity index (χ1n) is 8.92. The summed E-state index contributed by atoms with van der Waals surface area (Å²) in [5.74, 6) is 0.143. The number of fused-ring (bicyclic) bond motifs is 1. The Hall–Kier alpha value is -2.60. The van der Waals surface area contributed by atoms with Gasteiger partial charge in [0.2, 0.25) is 6.79 Å². The fraction of sp³-hybridized carbons (Fsp3) is 0.400. The van der Waals surface area contributed by atoms with Crippen molar-refractivity contribution in [2.75, 3.05) is 19.9 Å². The van der Waals surface area contributed by atoms with Gasteiger partial charge in [0.25, 0.3) is 0 Å². The van der Waals surface area contributed by atoms with Crippen molar-refractivity contribution in [3.8, 4) is 11.5 Å². The van der Waals surface area contributed by atoms with Crippen molar-refractivity contribution in [2.45, 2.75) is 25.8 Å². The zero-order valence-electron chi connectivity index (χ0n) is 14.7. The first kappa shape index (κ1) is 16.8. The third kappa shape index (κ3) is 3.24. The minimum Gasteiger partial charge on any atom is -0.481 e. The lowest BCUT2D eigenvalue weighted by Gasteiger charge is -2.16. The van der Waals surface area contributed by atoms with E-state index in [4.69, 9.17) is 9.47 Å². The van der Waals surface area contributed by atoms with Crippen LogP contribution in [0.3, 0.4) is 0 Å². The second-order valence-corrected chi connectivity index (χ2v) is 6.87. The Morgan fingerprint density at radius 1 is 1.23 bits per heavy atom. The molecule has 1 saturated heterocycles. The molecule has 26 heavy (non-hydrogen) atoms. The van der Waals surface area contributed by atoms with Gasteiger partial charge < -0.3 is 14.6 Å². The average Bonchev–Trinajstić information content (AvgIpc) is 3.28. The van der Waals surface area contributed by atoms with Crippen LogP contribution in [0.25, 0.3) is 0 Å². The lowest BCUT2D eigenvalue weighted by Crippen LogP contribution is -2.23. The summed E-state index contributed by atoms with van der Waals surface area (Å²) in [6, 6.07) is 9.85. The van der Waals surface area contributed by atoms with Crippen LogP contribution in [-0.4, -0.2) is 40.8 Å². The van der Waals surface area contributed by atoms with Crippen molar-refractivity contribution >= 4 is 5.97 Å². The van der Waals surface area contributed by atoms with Crippen molar-refractivity contribution in [3.63, 3.8) is 0 Å². The summed E-state index contributed by atoms with van der Waals surface area (Å²) in [6.07, 6.45) is 2.86. The molecule has 0 radical (unpaired) electrons. The van der Waals surface area contributed by atoms with E-state index >= 15 is 0 Å². The van der Waals surface area contributed by atoms with Gasteiger partial charge in [0, 0.05) is 31.7 Å². The zero-order valence-corrected chi connectivity index (χ0v) is 14.7. The van der Waals surface area contributed by atoms with Gasteiger partial charge in [0.15, 0.2) is 11.5 Å². The normalized spacial score (nSPS) is 21.9. The van der Waals surface area contributed by atoms with E-state index in [-0.39, 0.29) is 12.7 Å². The van der Waals surface area contributed by atoms with Crippen molar-refractivity contribution < 1.29 is 19.4 Å². The molecule has 1 aromatic carbocycles. The molecule has 0 bridgehead atoms. The summed E-state index contributed by atoms with van der Waals surface area (Å²) in [4.78, 5) is 18.5. The molecule has 1 N–H and O–H groups in total. The van der Waals surface area contributed by atoms with E-state index in [0.29, 0.717) is 25.4 Å². The Bertz CT molecular complexity index is 806. The van der Waals surface area contributed by atoms with E-state index in [1.165, 1.54) is 5.56 Å². The van der Waals surface area contributed by atoms with Crippen LogP contribution in [0.4, 0.5) is 0 Å². The van der Waals surface area contributed by atoms with Crippen LogP contribution in [-0.2, 0) is 17.8 Å². The van der Waals surface area contributed by atoms with Gasteiger partial charge in [-0.25, -0.2) is 0 Å². The molecule has 1 fully saturated rings. The van der Waals surface area contributed by atoms with Crippen LogP contribution in [0.15, 0.2) is 36.5 Å². The van der Waals surface area contributed by atoms with Gasteiger partial charge >= 0.3 is 5.97 Å². The Morgan fingerprint density at radius 2 is 2.08 bits per heavy atom. The van der Waals surface area contributed by atoms with Crippen molar-refractivity contribution in [1.29, 1.82) is 0 Å². The van der Waals surface area contributed by atoms with Gasteiger partial charge in [0.05, 0.1) is 11.6 Å². The molecule has 2 atom stereocenters. The first-order chi connectivity index (χ1) is 12.6. The number of nitrogens with zero attached hydrogens (tertiary/aromatic N) is 2. The number of likely N-dealkylation sites (tertiary alicyclic amines) is 1. The summed E-state index contributed by atoms with van der Waals surface area (Å²) in [5.41, 5.74) is 3.16. The zero-order chi connectivity index (χ0) is 18.1. The molecule has 1 aromatic heterocycles. The van der Waals surface area contributed by atoms with Gasteiger partial charge in [-0.05, 0) is 35.7 Å². The lowest BCUT2D eigenvalue weighted by atomic mass is 9.89. The van der Waals surface area contributed by atoms with E-state index in [1.807, 2.05) is 30.5 Å². The Morgan fingerprint density at radius 3 is 2.81 bits per heavy atom. The van der Waals surface area contributed by atoms with E-state index in [2.05, 4.69) is 22.9 Å². The smallest absolute Gasteiger partial charge is 0.308 e. The predicted molar refractivity (Wildman–Crippen MR) is 95.3 cm³/mol. The fourth-order valence-electron chi connectivity index (χ4n) is 3.73. The molecule has 0 aliphatic carbocycles. The van der Waals surface area contributed by atoms with Gasteiger partial charge in [-0.1, -0.05) is 19.1 Å². The third-order valence-corrected chi connectivity index (χ3v) is 5.22. The van der Waals surface area contributed by atoms with Gasteiger partial charge in [-0.3, -0.25) is 14.7 Å². The van der Waals surface area contributed by atoms with Crippen LogP contribution in [0, 0.1) is 5.92 Å². The maximum Gasteiger partial charge on any atom is 0.308 e. The number of aromatic nitrogens is 1. The molecule has 3 heterocycles. The van der Waals surface area contributed by atoms with Crippen LogP contribution in [0.1, 0.15) is 29.7 Å². The monoisotopic (exact) mass is 354 g/mol. The highest BCUT2D eigenvalue weighted by Crippen LogP contribution is 2.39. The number of hydrogen-bond acceptors (Lipinski definition) is 5. The van der Waals surface area contributed by atoms with Crippen LogP contribution in [0.2, 0.25) is 0 Å².